The zero-order valence-corrected chi connectivity index (χ0v) is 13.3. The van der Waals surface area contributed by atoms with Crippen LogP contribution in [0.15, 0.2) is 24.4 Å². The maximum absolute atomic E-state index is 12.3. The standard InChI is InChI=1S/C17H25N3O2/c1-19(13-10-15-8-5-6-11-18-15)17(22)14-20-12-7-3-2-4-9-16(20)21/h5-6,8,11H,2-4,7,9-10,12-14H2,1H3. The summed E-state index contributed by atoms with van der Waals surface area (Å²) in [4.78, 5) is 32.0. The summed E-state index contributed by atoms with van der Waals surface area (Å²) in [6.45, 7) is 1.54. The average molecular weight is 303 g/mol. The Labute approximate surface area is 132 Å². The van der Waals surface area contributed by atoms with Crippen LogP contribution >= 0.6 is 0 Å². The number of likely N-dealkylation sites (N-methyl/N-ethyl adjacent to an activating group) is 1. The molecule has 1 aromatic heterocycles. The maximum Gasteiger partial charge on any atom is 0.241 e. The molecule has 1 saturated heterocycles. The Bertz CT molecular complexity index is 490. The van der Waals surface area contributed by atoms with E-state index in [0.717, 1.165) is 37.8 Å². The van der Waals surface area contributed by atoms with Crippen molar-refractivity contribution in [3.05, 3.63) is 30.1 Å². The molecule has 5 nitrogen and oxygen atoms in total. The van der Waals surface area contributed by atoms with Crippen molar-refractivity contribution in [2.45, 2.75) is 38.5 Å². The largest absolute Gasteiger partial charge is 0.344 e. The van der Waals surface area contributed by atoms with Crippen molar-refractivity contribution in [3.8, 4) is 0 Å². The Morgan fingerprint density at radius 1 is 1.27 bits per heavy atom. The van der Waals surface area contributed by atoms with Crippen LogP contribution < -0.4 is 0 Å². The van der Waals surface area contributed by atoms with E-state index in [2.05, 4.69) is 4.98 Å². The van der Waals surface area contributed by atoms with Crippen LogP contribution in [0.4, 0.5) is 0 Å². The molecule has 5 heteroatoms. The summed E-state index contributed by atoms with van der Waals surface area (Å²) in [6, 6.07) is 5.79. The summed E-state index contributed by atoms with van der Waals surface area (Å²) in [5.41, 5.74) is 0.976. The molecule has 1 aliphatic rings. The highest BCUT2D eigenvalue weighted by molar-refractivity contribution is 5.84. The summed E-state index contributed by atoms with van der Waals surface area (Å²) in [5, 5.41) is 0. The molecule has 120 valence electrons. The van der Waals surface area contributed by atoms with Crippen LogP contribution in [0.3, 0.4) is 0 Å². The minimum Gasteiger partial charge on any atom is -0.344 e. The Morgan fingerprint density at radius 2 is 2.09 bits per heavy atom. The zero-order valence-electron chi connectivity index (χ0n) is 13.3. The quantitative estimate of drug-likeness (QED) is 0.834. The third-order valence-corrected chi connectivity index (χ3v) is 4.10. The van der Waals surface area contributed by atoms with E-state index in [1.807, 2.05) is 18.2 Å². The number of carbonyl (C=O) groups excluding carboxylic acids is 2. The lowest BCUT2D eigenvalue weighted by Gasteiger charge is -2.26. The van der Waals surface area contributed by atoms with E-state index in [1.165, 1.54) is 0 Å². The van der Waals surface area contributed by atoms with Crippen LogP contribution in [0.5, 0.6) is 0 Å². The fourth-order valence-electron chi connectivity index (χ4n) is 2.62. The first kappa shape index (κ1) is 16.5. The Hall–Kier alpha value is -1.91. The molecule has 0 bridgehead atoms. The first-order chi connectivity index (χ1) is 10.7. The molecule has 22 heavy (non-hydrogen) atoms. The highest BCUT2D eigenvalue weighted by atomic mass is 16.2. The molecule has 0 spiro atoms. The van der Waals surface area contributed by atoms with Gasteiger partial charge in [-0.3, -0.25) is 14.6 Å². The molecule has 0 aromatic carbocycles. The van der Waals surface area contributed by atoms with Gasteiger partial charge in [0, 0.05) is 44.9 Å². The Kier molecular flexibility index (Phi) is 6.37. The van der Waals surface area contributed by atoms with E-state index in [-0.39, 0.29) is 18.4 Å². The number of hydrogen-bond acceptors (Lipinski definition) is 3. The van der Waals surface area contributed by atoms with E-state index in [4.69, 9.17) is 0 Å². The molecule has 0 atom stereocenters. The molecule has 0 N–H and O–H groups in total. The molecular formula is C17H25N3O2. The monoisotopic (exact) mass is 303 g/mol. The number of carbonyl (C=O) groups is 2. The first-order valence-corrected chi connectivity index (χ1v) is 8.08. The molecule has 0 saturated carbocycles. The topological polar surface area (TPSA) is 53.5 Å². The van der Waals surface area contributed by atoms with Crippen molar-refractivity contribution >= 4 is 11.8 Å². The summed E-state index contributed by atoms with van der Waals surface area (Å²) < 4.78 is 0. The van der Waals surface area contributed by atoms with Gasteiger partial charge >= 0.3 is 0 Å². The van der Waals surface area contributed by atoms with Crippen molar-refractivity contribution in [3.63, 3.8) is 0 Å². The highest BCUT2D eigenvalue weighted by Gasteiger charge is 2.20. The maximum atomic E-state index is 12.3. The lowest BCUT2D eigenvalue weighted by Crippen LogP contribution is -2.42. The van der Waals surface area contributed by atoms with Crippen molar-refractivity contribution in [2.75, 3.05) is 26.7 Å². The van der Waals surface area contributed by atoms with Crippen LogP contribution in [-0.4, -0.2) is 53.3 Å². The van der Waals surface area contributed by atoms with Crippen molar-refractivity contribution < 1.29 is 9.59 Å². The Morgan fingerprint density at radius 3 is 2.86 bits per heavy atom. The lowest BCUT2D eigenvalue weighted by atomic mass is 10.1. The van der Waals surface area contributed by atoms with Gasteiger partial charge in [-0.15, -0.1) is 0 Å². The van der Waals surface area contributed by atoms with E-state index >= 15 is 0 Å². The second-order valence-corrected chi connectivity index (χ2v) is 5.87. The van der Waals surface area contributed by atoms with E-state index < -0.39 is 0 Å². The number of aromatic nitrogens is 1. The summed E-state index contributed by atoms with van der Waals surface area (Å²) in [6.07, 6.45) is 7.28. The molecule has 2 heterocycles. The normalized spacial score (nSPS) is 16.0. The van der Waals surface area contributed by atoms with Crippen molar-refractivity contribution in [1.29, 1.82) is 0 Å². The summed E-state index contributed by atoms with van der Waals surface area (Å²) >= 11 is 0. The zero-order chi connectivity index (χ0) is 15.8. The molecule has 0 unspecified atom stereocenters. The fourth-order valence-corrected chi connectivity index (χ4v) is 2.62. The smallest absolute Gasteiger partial charge is 0.241 e. The van der Waals surface area contributed by atoms with Gasteiger partial charge < -0.3 is 9.80 Å². The lowest BCUT2D eigenvalue weighted by molar-refractivity contribution is -0.140. The number of amides is 2. The molecule has 1 aromatic rings. The van der Waals surface area contributed by atoms with Gasteiger partial charge in [0.1, 0.15) is 0 Å². The predicted octanol–water partition coefficient (Wildman–Crippen LogP) is 1.88. The second-order valence-electron chi connectivity index (χ2n) is 5.87. The van der Waals surface area contributed by atoms with Crippen LogP contribution in [0.1, 0.15) is 37.8 Å². The number of nitrogens with zero attached hydrogens (tertiary/aromatic N) is 3. The average Bonchev–Trinajstić information content (AvgIpc) is 2.53. The second kappa shape index (κ2) is 8.51. The third-order valence-electron chi connectivity index (χ3n) is 4.10. The number of pyridine rings is 1. The number of hydrogen-bond donors (Lipinski definition) is 0. The first-order valence-electron chi connectivity index (χ1n) is 8.08. The van der Waals surface area contributed by atoms with Crippen LogP contribution in [0.2, 0.25) is 0 Å². The van der Waals surface area contributed by atoms with Gasteiger partial charge in [-0.25, -0.2) is 0 Å². The molecule has 1 fully saturated rings. The van der Waals surface area contributed by atoms with Crippen molar-refractivity contribution in [1.82, 2.24) is 14.8 Å². The summed E-state index contributed by atoms with van der Waals surface area (Å²) in [5.74, 6) is 0.121. The molecule has 2 amide bonds. The fraction of sp³-hybridized carbons (Fsp3) is 0.588. The molecule has 2 rings (SSSR count). The van der Waals surface area contributed by atoms with E-state index in [1.54, 1.807) is 23.0 Å². The van der Waals surface area contributed by atoms with E-state index in [0.29, 0.717) is 19.5 Å². The van der Waals surface area contributed by atoms with Gasteiger partial charge in [-0.05, 0) is 25.0 Å². The minimum absolute atomic E-state index is 0.00449. The van der Waals surface area contributed by atoms with Gasteiger partial charge in [0.05, 0.1) is 6.54 Å². The predicted molar refractivity (Wildman–Crippen MR) is 85.2 cm³/mol. The summed E-state index contributed by atoms with van der Waals surface area (Å²) in [7, 11) is 1.79. The molecular weight excluding hydrogens is 278 g/mol. The van der Waals surface area contributed by atoms with Gasteiger partial charge in [0.25, 0.3) is 0 Å². The van der Waals surface area contributed by atoms with Crippen LogP contribution in [-0.2, 0) is 16.0 Å². The Balaban J connectivity index is 1.80. The van der Waals surface area contributed by atoms with Crippen LogP contribution in [0.25, 0.3) is 0 Å². The van der Waals surface area contributed by atoms with Crippen LogP contribution in [0, 0.1) is 0 Å². The SMILES string of the molecule is CN(CCc1ccccn1)C(=O)CN1CCCCCCC1=O. The van der Waals surface area contributed by atoms with Gasteiger partial charge in [0.2, 0.25) is 11.8 Å². The van der Waals surface area contributed by atoms with Crippen molar-refractivity contribution in [2.24, 2.45) is 0 Å². The highest BCUT2D eigenvalue weighted by Crippen LogP contribution is 2.11. The number of likely N-dealkylation sites (tertiary alicyclic amines) is 1. The van der Waals surface area contributed by atoms with Gasteiger partial charge in [-0.1, -0.05) is 18.9 Å². The molecule has 0 radical (unpaired) electrons. The minimum atomic E-state index is 0.00449. The molecule has 1 aliphatic heterocycles. The number of rotatable bonds is 5. The van der Waals surface area contributed by atoms with E-state index in [9.17, 15) is 9.59 Å². The third kappa shape index (κ3) is 5.13. The van der Waals surface area contributed by atoms with Gasteiger partial charge in [-0.2, -0.15) is 0 Å². The molecule has 0 aliphatic carbocycles. The van der Waals surface area contributed by atoms with Gasteiger partial charge in [0.15, 0.2) is 0 Å².